The Kier molecular flexibility index (Phi) is 4.10. The molecule has 0 fully saturated rings. The van der Waals surface area contributed by atoms with Crippen LogP contribution < -0.4 is 10.6 Å². The Labute approximate surface area is 104 Å². The third kappa shape index (κ3) is 2.69. The Balaban J connectivity index is 3.21. The summed E-state index contributed by atoms with van der Waals surface area (Å²) in [4.78, 5) is 12.7. The van der Waals surface area contributed by atoms with Crippen LogP contribution in [0.25, 0.3) is 0 Å². The van der Waals surface area contributed by atoms with Gasteiger partial charge in [-0.25, -0.2) is 9.18 Å². The van der Waals surface area contributed by atoms with Crippen LogP contribution in [0.2, 0.25) is 0 Å². The largest absolute Gasteiger partial charge is 0.478 e. The number of carboxylic acids is 1. The molecular formula is C12H14FN3O2. The molecule has 1 atom stereocenters. The second kappa shape index (κ2) is 5.36. The minimum Gasteiger partial charge on any atom is -0.478 e. The summed E-state index contributed by atoms with van der Waals surface area (Å²) >= 11 is 0. The SMILES string of the molecule is CC(C#N)CN(C)c1ccc(F)c(N)c1C(=O)O. The zero-order valence-corrected chi connectivity index (χ0v) is 10.1. The fourth-order valence-electron chi connectivity index (χ4n) is 1.68. The number of hydrogen-bond acceptors (Lipinski definition) is 4. The maximum atomic E-state index is 13.3. The van der Waals surface area contributed by atoms with Crippen LogP contribution in [0.3, 0.4) is 0 Å². The Morgan fingerprint density at radius 3 is 2.78 bits per heavy atom. The van der Waals surface area contributed by atoms with Gasteiger partial charge in [0, 0.05) is 13.6 Å². The molecule has 0 spiro atoms. The number of hydrogen-bond donors (Lipinski definition) is 2. The number of nitriles is 1. The maximum absolute atomic E-state index is 13.3. The van der Waals surface area contributed by atoms with Gasteiger partial charge in [-0.2, -0.15) is 5.26 Å². The van der Waals surface area contributed by atoms with Gasteiger partial charge in [0.25, 0.3) is 0 Å². The molecule has 0 saturated heterocycles. The molecule has 1 unspecified atom stereocenters. The smallest absolute Gasteiger partial charge is 0.340 e. The molecule has 96 valence electrons. The maximum Gasteiger partial charge on any atom is 0.340 e. The molecule has 3 N–H and O–H groups in total. The van der Waals surface area contributed by atoms with E-state index in [1.54, 1.807) is 18.9 Å². The Bertz CT molecular complexity index is 511. The lowest BCUT2D eigenvalue weighted by molar-refractivity contribution is 0.0698. The summed E-state index contributed by atoms with van der Waals surface area (Å²) in [6.07, 6.45) is 0. The summed E-state index contributed by atoms with van der Waals surface area (Å²) in [6.45, 7) is 2.05. The van der Waals surface area contributed by atoms with Gasteiger partial charge in [-0.15, -0.1) is 0 Å². The normalized spacial score (nSPS) is 11.7. The van der Waals surface area contributed by atoms with Crippen molar-refractivity contribution in [3.05, 3.63) is 23.5 Å². The van der Waals surface area contributed by atoms with Gasteiger partial charge in [0.2, 0.25) is 0 Å². The van der Waals surface area contributed by atoms with Crippen LogP contribution in [0, 0.1) is 23.1 Å². The van der Waals surface area contributed by atoms with Gasteiger partial charge in [0.1, 0.15) is 11.4 Å². The molecule has 0 aromatic heterocycles. The van der Waals surface area contributed by atoms with E-state index >= 15 is 0 Å². The van der Waals surface area contributed by atoms with Crippen molar-refractivity contribution >= 4 is 17.3 Å². The number of carboxylic acid groups (broad SMARTS) is 1. The number of nitrogen functional groups attached to an aromatic ring is 1. The quantitative estimate of drug-likeness (QED) is 0.795. The summed E-state index contributed by atoms with van der Waals surface area (Å²) in [5, 5.41) is 17.8. The molecule has 0 bridgehead atoms. The molecule has 0 aliphatic heterocycles. The third-order valence-electron chi connectivity index (χ3n) is 2.56. The van der Waals surface area contributed by atoms with Gasteiger partial charge in [-0.3, -0.25) is 0 Å². The highest BCUT2D eigenvalue weighted by Gasteiger charge is 2.20. The van der Waals surface area contributed by atoms with E-state index in [0.717, 1.165) is 6.07 Å². The van der Waals surface area contributed by atoms with Gasteiger partial charge < -0.3 is 15.7 Å². The summed E-state index contributed by atoms with van der Waals surface area (Å²) in [7, 11) is 1.63. The number of anilines is 2. The number of rotatable bonds is 4. The topological polar surface area (TPSA) is 90.4 Å². The van der Waals surface area contributed by atoms with E-state index in [9.17, 15) is 9.18 Å². The van der Waals surface area contributed by atoms with E-state index < -0.39 is 17.5 Å². The molecule has 18 heavy (non-hydrogen) atoms. The van der Waals surface area contributed by atoms with E-state index in [1.807, 2.05) is 6.07 Å². The van der Waals surface area contributed by atoms with E-state index in [4.69, 9.17) is 16.1 Å². The second-order valence-electron chi connectivity index (χ2n) is 4.07. The predicted molar refractivity (Wildman–Crippen MR) is 65.8 cm³/mol. The van der Waals surface area contributed by atoms with Crippen molar-refractivity contribution in [2.45, 2.75) is 6.92 Å². The molecular weight excluding hydrogens is 237 g/mol. The van der Waals surface area contributed by atoms with Gasteiger partial charge in [-0.05, 0) is 19.1 Å². The standard InChI is InChI=1S/C12H14FN3O2/c1-7(5-14)6-16(2)9-4-3-8(13)11(15)10(9)12(17)18/h3-4,7H,6,15H2,1-2H3,(H,17,18). The molecule has 0 radical (unpaired) electrons. The molecule has 0 heterocycles. The summed E-state index contributed by atoms with van der Waals surface area (Å²) in [6, 6.07) is 4.51. The second-order valence-corrected chi connectivity index (χ2v) is 4.07. The Morgan fingerprint density at radius 1 is 1.67 bits per heavy atom. The first-order chi connectivity index (χ1) is 8.38. The van der Waals surface area contributed by atoms with Crippen molar-refractivity contribution in [1.82, 2.24) is 0 Å². The molecule has 6 heteroatoms. The highest BCUT2D eigenvalue weighted by molar-refractivity contribution is 6.00. The van der Waals surface area contributed by atoms with E-state index in [0.29, 0.717) is 12.2 Å². The summed E-state index contributed by atoms with van der Waals surface area (Å²) in [5.74, 6) is -2.33. The van der Waals surface area contributed by atoms with E-state index in [2.05, 4.69) is 0 Å². The number of benzene rings is 1. The average molecular weight is 251 g/mol. The van der Waals surface area contributed by atoms with E-state index in [1.165, 1.54) is 6.07 Å². The van der Waals surface area contributed by atoms with Gasteiger partial charge in [0.15, 0.2) is 0 Å². The molecule has 0 aliphatic carbocycles. The van der Waals surface area contributed by atoms with Crippen LogP contribution in [-0.2, 0) is 0 Å². The molecule has 1 aromatic carbocycles. The molecule has 0 aliphatic rings. The zero-order valence-electron chi connectivity index (χ0n) is 10.1. The fraction of sp³-hybridized carbons (Fsp3) is 0.333. The number of nitrogens with zero attached hydrogens (tertiary/aromatic N) is 2. The van der Waals surface area contributed by atoms with Crippen LogP contribution in [-0.4, -0.2) is 24.7 Å². The van der Waals surface area contributed by atoms with Crippen LogP contribution in [0.15, 0.2) is 12.1 Å². The lowest BCUT2D eigenvalue weighted by Gasteiger charge is -2.23. The van der Waals surface area contributed by atoms with Crippen LogP contribution in [0.5, 0.6) is 0 Å². The van der Waals surface area contributed by atoms with Crippen LogP contribution >= 0.6 is 0 Å². The first kappa shape index (κ1) is 13.8. The highest BCUT2D eigenvalue weighted by atomic mass is 19.1. The van der Waals surface area contributed by atoms with Gasteiger partial charge in [0.05, 0.1) is 23.4 Å². The predicted octanol–water partition coefficient (Wildman–Crippen LogP) is 1.70. The monoisotopic (exact) mass is 251 g/mol. The summed E-state index contributed by atoms with van der Waals surface area (Å²) in [5.41, 5.74) is 5.07. The van der Waals surface area contributed by atoms with Gasteiger partial charge in [-0.1, -0.05) is 0 Å². The molecule has 1 aromatic rings. The van der Waals surface area contributed by atoms with Crippen molar-refractivity contribution in [2.24, 2.45) is 5.92 Å². The highest BCUT2D eigenvalue weighted by Crippen LogP contribution is 2.28. The number of nitrogens with two attached hydrogens (primary N) is 1. The number of halogens is 1. The Morgan fingerprint density at radius 2 is 2.28 bits per heavy atom. The van der Waals surface area contributed by atoms with Crippen molar-refractivity contribution in [3.8, 4) is 6.07 Å². The Hall–Kier alpha value is -2.29. The first-order valence-corrected chi connectivity index (χ1v) is 5.30. The van der Waals surface area contributed by atoms with Crippen molar-refractivity contribution in [3.63, 3.8) is 0 Å². The van der Waals surface area contributed by atoms with Crippen molar-refractivity contribution < 1.29 is 14.3 Å². The minimum atomic E-state index is -1.29. The average Bonchev–Trinajstić information content (AvgIpc) is 2.31. The van der Waals surface area contributed by atoms with E-state index in [-0.39, 0.29) is 11.5 Å². The molecule has 1 rings (SSSR count). The number of aromatic carboxylic acids is 1. The van der Waals surface area contributed by atoms with Crippen LogP contribution in [0.4, 0.5) is 15.8 Å². The molecule has 5 nitrogen and oxygen atoms in total. The van der Waals surface area contributed by atoms with Crippen LogP contribution in [0.1, 0.15) is 17.3 Å². The molecule has 0 saturated carbocycles. The van der Waals surface area contributed by atoms with Gasteiger partial charge >= 0.3 is 5.97 Å². The number of carbonyl (C=O) groups is 1. The van der Waals surface area contributed by atoms with Crippen molar-refractivity contribution in [1.29, 1.82) is 5.26 Å². The third-order valence-corrected chi connectivity index (χ3v) is 2.56. The molecule has 0 amide bonds. The summed E-state index contributed by atoms with van der Waals surface area (Å²) < 4.78 is 13.3. The fourth-order valence-corrected chi connectivity index (χ4v) is 1.68. The van der Waals surface area contributed by atoms with Crippen molar-refractivity contribution in [2.75, 3.05) is 24.2 Å². The minimum absolute atomic E-state index is 0.275. The lowest BCUT2D eigenvalue weighted by Crippen LogP contribution is -2.25. The zero-order chi connectivity index (χ0) is 13.9. The lowest BCUT2D eigenvalue weighted by atomic mass is 10.1. The first-order valence-electron chi connectivity index (χ1n) is 5.30.